The molecule has 0 saturated heterocycles. The van der Waals surface area contributed by atoms with Crippen LogP contribution in [0.3, 0.4) is 0 Å². The van der Waals surface area contributed by atoms with E-state index in [1.54, 1.807) is 0 Å². The molecule has 0 aliphatic carbocycles. The first-order valence-corrected chi connectivity index (χ1v) is 5.62. The van der Waals surface area contributed by atoms with E-state index in [1.165, 1.54) is 0 Å². The average Bonchev–Trinajstić information content (AvgIpc) is 2.17. The lowest BCUT2D eigenvalue weighted by Crippen LogP contribution is -2.49. The van der Waals surface area contributed by atoms with Crippen LogP contribution in [-0.2, 0) is 4.79 Å². The Morgan fingerprint density at radius 1 is 1.21 bits per heavy atom. The van der Waals surface area contributed by atoms with E-state index < -0.39 is 0 Å². The fourth-order valence-corrected chi connectivity index (χ4v) is 1.63. The molecule has 3 nitrogen and oxygen atoms in total. The molecule has 0 rings (SSSR count). The largest absolute Gasteiger partial charge is 0.368 e. The van der Waals surface area contributed by atoms with Crippen molar-refractivity contribution < 1.29 is 4.79 Å². The molecule has 3 N–H and O–H groups in total. The summed E-state index contributed by atoms with van der Waals surface area (Å²) in [6, 6.07) is 0.188. The van der Waals surface area contributed by atoms with Crippen molar-refractivity contribution in [2.45, 2.75) is 59.0 Å². The molecule has 0 aliphatic rings. The van der Waals surface area contributed by atoms with Gasteiger partial charge in [-0.05, 0) is 19.3 Å². The fraction of sp³-hybridized carbons (Fsp3) is 0.909. The molecule has 1 amide bonds. The van der Waals surface area contributed by atoms with Crippen molar-refractivity contribution >= 4 is 5.91 Å². The Morgan fingerprint density at radius 2 is 1.71 bits per heavy atom. The van der Waals surface area contributed by atoms with Gasteiger partial charge in [-0.1, -0.05) is 33.6 Å². The second-order valence-electron chi connectivity index (χ2n) is 3.93. The predicted octanol–water partition coefficient (Wildman–Crippen LogP) is 1.66. The molecule has 0 bridgehead atoms. The van der Waals surface area contributed by atoms with Gasteiger partial charge in [0.2, 0.25) is 5.91 Å². The summed E-state index contributed by atoms with van der Waals surface area (Å²) in [5.74, 6) is 0.139. The molecule has 0 aromatic rings. The SMILES string of the molecule is CCC(C)NC(C(N)=O)C(CC)CC. The average molecular weight is 200 g/mol. The van der Waals surface area contributed by atoms with Crippen LogP contribution in [0.25, 0.3) is 0 Å². The molecule has 0 spiro atoms. The quantitative estimate of drug-likeness (QED) is 0.656. The molecule has 3 heteroatoms. The van der Waals surface area contributed by atoms with Crippen molar-refractivity contribution in [2.24, 2.45) is 11.7 Å². The highest BCUT2D eigenvalue weighted by Crippen LogP contribution is 2.13. The van der Waals surface area contributed by atoms with Gasteiger partial charge in [0.1, 0.15) is 0 Å². The Morgan fingerprint density at radius 3 is 2.00 bits per heavy atom. The number of carbonyl (C=O) groups is 1. The summed E-state index contributed by atoms with van der Waals surface area (Å²) in [5.41, 5.74) is 5.39. The standard InChI is InChI=1S/C11H24N2O/c1-5-8(4)13-10(11(12)14)9(6-2)7-3/h8-10,13H,5-7H2,1-4H3,(H2,12,14). The molecule has 0 aliphatic heterocycles. The maximum Gasteiger partial charge on any atom is 0.234 e. The van der Waals surface area contributed by atoms with Gasteiger partial charge >= 0.3 is 0 Å². The first kappa shape index (κ1) is 13.4. The summed E-state index contributed by atoms with van der Waals surface area (Å²) in [6.45, 7) is 8.38. The third kappa shape index (κ3) is 4.09. The molecule has 0 fully saturated rings. The summed E-state index contributed by atoms with van der Waals surface area (Å²) in [4.78, 5) is 11.3. The van der Waals surface area contributed by atoms with Crippen LogP contribution in [0, 0.1) is 5.92 Å². The van der Waals surface area contributed by atoms with Crippen molar-refractivity contribution in [3.8, 4) is 0 Å². The summed E-state index contributed by atoms with van der Waals surface area (Å²) >= 11 is 0. The minimum Gasteiger partial charge on any atom is -0.368 e. The van der Waals surface area contributed by atoms with Crippen LogP contribution in [-0.4, -0.2) is 18.0 Å². The number of carbonyl (C=O) groups excluding carboxylic acids is 1. The zero-order valence-electron chi connectivity index (χ0n) is 9.84. The molecule has 14 heavy (non-hydrogen) atoms. The number of primary amides is 1. The number of rotatable bonds is 7. The number of nitrogens with two attached hydrogens (primary N) is 1. The van der Waals surface area contributed by atoms with Crippen LogP contribution in [0.2, 0.25) is 0 Å². The van der Waals surface area contributed by atoms with E-state index in [2.05, 4.69) is 33.0 Å². The molecule has 2 unspecified atom stereocenters. The van der Waals surface area contributed by atoms with Crippen molar-refractivity contribution in [1.82, 2.24) is 5.32 Å². The summed E-state index contributed by atoms with van der Waals surface area (Å²) < 4.78 is 0. The Labute approximate surface area is 87.4 Å². The van der Waals surface area contributed by atoms with Crippen LogP contribution in [0.4, 0.5) is 0 Å². The second-order valence-corrected chi connectivity index (χ2v) is 3.93. The Kier molecular flexibility index (Phi) is 6.54. The van der Waals surface area contributed by atoms with Crippen molar-refractivity contribution in [2.75, 3.05) is 0 Å². The normalized spacial score (nSPS) is 15.5. The molecule has 2 atom stereocenters. The van der Waals surface area contributed by atoms with Gasteiger partial charge in [-0.15, -0.1) is 0 Å². The van der Waals surface area contributed by atoms with E-state index in [0.717, 1.165) is 19.3 Å². The van der Waals surface area contributed by atoms with E-state index in [0.29, 0.717) is 12.0 Å². The van der Waals surface area contributed by atoms with E-state index >= 15 is 0 Å². The van der Waals surface area contributed by atoms with Crippen LogP contribution >= 0.6 is 0 Å². The van der Waals surface area contributed by atoms with Gasteiger partial charge in [0.05, 0.1) is 6.04 Å². The Hall–Kier alpha value is -0.570. The van der Waals surface area contributed by atoms with Gasteiger partial charge in [-0.3, -0.25) is 4.79 Å². The minimum atomic E-state index is -0.223. The van der Waals surface area contributed by atoms with Gasteiger partial charge in [-0.2, -0.15) is 0 Å². The Bertz CT molecular complexity index is 167. The van der Waals surface area contributed by atoms with E-state index in [-0.39, 0.29) is 11.9 Å². The van der Waals surface area contributed by atoms with E-state index in [4.69, 9.17) is 5.73 Å². The lowest BCUT2D eigenvalue weighted by atomic mass is 9.93. The maximum atomic E-state index is 11.3. The maximum absolute atomic E-state index is 11.3. The number of amides is 1. The molecular weight excluding hydrogens is 176 g/mol. The lowest BCUT2D eigenvalue weighted by molar-refractivity contribution is -0.121. The zero-order valence-corrected chi connectivity index (χ0v) is 9.84. The van der Waals surface area contributed by atoms with Gasteiger partial charge in [0.15, 0.2) is 0 Å². The topological polar surface area (TPSA) is 55.1 Å². The molecule has 0 aromatic heterocycles. The van der Waals surface area contributed by atoms with Crippen LogP contribution in [0.1, 0.15) is 47.0 Å². The molecule has 0 radical (unpaired) electrons. The first-order chi connectivity index (χ1) is 6.56. The third-order valence-corrected chi connectivity index (χ3v) is 2.90. The van der Waals surface area contributed by atoms with E-state index in [9.17, 15) is 4.79 Å². The highest BCUT2D eigenvalue weighted by atomic mass is 16.1. The summed E-state index contributed by atoms with van der Waals surface area (Å²) in [6.07, 6.45) is 3.00. The van der Waals surface area contributed by atoms with Crippen LogP contribution < -0.4 is 11.1 Å². The molecule has 0 saturated carbocycles. The summed E-state index contributed by atoms with van der Waals surface area (Å²) in [7, 11) is 0. The first-order valence-electron chi connectivity index (χ1n) is 5.62. The predicted molar refractivity (Wildman–Crippen MR) is 59.9 cm³/mol. The van der Waals surface area contributed by atoms with Crippen LogP contribution in [0.5, 0.6) is 0 Å². The van der Waals surface area contributed by atoms with Crippen molar-refractivity contribution in [1.29, 1.82) is 0 Å². The molecule has 0 aromatic carbocycles. The second kappa shape index (κ2) is 6.82. The zero-order chi connectivity index (χ0) is 11.1. The lowest BCUT2D eigenvalue weighted by Gasteiger charge is -2.26. The van der Waals surface area contributed by atoms with Crippen molar-refractivity contribution in [3.63, 3.8) is 0 Å². The highest BCUT2D eigenvalue weighted by Gasteiger charge is 2.24. The van der Waals surface area contributed by atoms with Gasteiger partial charge in [-0.25, -0.2) is 0 Å². The molecule has 84 valence electrons. The number of hydrogen-bond acceptors (Lipinski definition) is 2. The fourth-order valence-electron chi connectivity index (χ4n) is 1.63. The Balaban J connectivity index is 4.34. The monoisotopic (exact) mass is 200 g/mol. The van der Waals surface area contributed by atoms with Gasteiger partial charge in [0, 0.05) is 6.04 Å². The van der Waals surface area contributed by atoms with Crippen LogP contribution in [0.15, 0.2) is 0 Å². The molecule has 0 heterocycles. The van der Waals surface area contributed by atoms with Gasteiger partial charge < -0.3 is 11.1 Å². The minimum absolute atomic E-state index is 0.167. The highest BCUT2D eigenvalue weighted by molar-refractivity contribution is 5.80. The molecular formula is C11H24N2O. The van der Waals surface area contributed by atoms with Gasteiger partial charge in [0.25, 0.3) is 0 Å². The summed E-state index contributed by atoms with van der Waals surface area (Å²) in [5, 5.41) is 3.29. The smallest absolute Gasteiger partial charge is 0.234 e. The van der Waals surface area contributed by atoms with E-state index in [1.807, 2.05) is 0 Å². The third-order valence-electron chi connectivity index (χ3n) is 2.90. The van der Waals surface area contributed by atoms with Crippen molar-refractivity contribution in [3.05, 3.63) is 0 Å². The number of nitrogens with one attached hydrogen (secondary N) is 1. The number of hydrogen-bond donors (Lipinski definition) is 2.